The quantitative estimate of drug-likeness (QED) is 0.463. The van der Waals surface area contributed by atoms with Crippen molar-refractivity contribution in [2.45, 2.75) is 16.8 Å². The molecule has 2 aromatic rings. The molecule has 0 unspecified atom stereocenters. The van der Waals surface area contributed by atoms with Gasteiger partial charge in [-0.15, -0.1) is 11.8 Å². The molecule has 1 nitrogen and oxygen atoms in total. The molecular weight excluding hydrogens is 326 g/mol. The van der Waals surface area contributed by atoms with Crippen molar-refractivity contribution in [3.05, 3.63) is 58.4 Å². The van der Waals surface area contributed by atoms with Gasteiger partial charge in [0.25, 0.3) is 0 Å². The molecule has 0 saturated heterocycles. The first kappa shape index (κ1) is 16.0. The summed E-state index contributed by atoms with van der Waals surface area (Å²) < 4.78 is 50.5. The van der Waals surface area contributed by atoms with Gasteiger partial charge in [-0.3, -0.25) is 0 Å². The zero-order valence-corrected chi connectivity index (χ0v) is 12.1. The number of rotatable bonds is 3. The van der Waals surface area contributed by atoms with E-state index in [9.17, 15) is 17.6 Å². The fourth-order valence-corrected chi connectivity index (χ4v) is 2.92. The number of nitrogens with two attached hydrogens (primary N) is 1. The van der Waals surface area contributed by atoms with Crippen molar-refractivity contribution in [2.24, 2.45) is 0 Å². The molecule has 0 spiro atoms. The van der Waals surface area contributed by atoms with Crippen molar-refractivity contribution in [1.82, 2.24) is 0 Å². The first-order valence-electron chi connectivity index (χ1n) is 5.81. The maximum atomic E-state index is 12.9. The van der Waals surface area contributed by atoms with Crippen molar-refractivity contribution < 1.29 is 17.6 Å². The Bertz CT molecular complexity index is 658. The third-order valence-electron chi connectivity index (χ3n) is 2.74. The minimum atomic E-state index is -4.42. The lowest BCUT2D eigenvalue weighted by atomic mass is 10.2. The van der Waals surface area contributed by atoms with Crippen LogP contribution < -0.4 is 5.73 Å². The van der Waals surface area contributed by atoms with Gasteiger partial charge in [0.2, 0.25) is 0 Å². The molecule has 0 radical (unpaired) electrons. The maximum absolute atomic E-state index is 12.9. The summed E-state index contributed by atoms with van der Waals surface area (Å²) in [6.45, 7) is 0. The van der Waals surface area contributed by atoms with Gasteiger partial charge >= 0.3 is 6.18 Å². The summed E-state index contributed by atoms with van der Waals surface area (Å²) in [5, 5.41) is 0.271. The Morgan fingerprint density at radius 3 is 2.38 bits per heavy atom. The monoisotopic (exact) mass is 335 g/mol. The van der Waals surface area contributed by atoms with Crippen LogP contribution in [0.15, 0.2) is 41.3 Å². The Balaban J connectivity index is 2.13. The molecule has 112 valence electrons. The second-order valence-corrected chi connectivity index (χ2v) is 5.70. The number of hydrogen-bond donors (Lipinski definition) is 1. The van der Waals surface area contributed by atoms with Crippen LogP contribution in [0.25, 0.3) is 0 Å². The van der Waals surface area contributed by atoms with Crippen molar-refractivity contribution in [3.63, 3.8) is 0 Å². The van der Waals surface area contributed by atoms with E-state index in [1.165, 1.54) is 36.0 Å². The lowest BCUT2D eigenvalue weighted by molar-refractivity contribution is -0.137. The van der Waals surface area contributed by atoms with E-state index in [-0.39, 0.29) is 10.7 Å². The normalized spacial score (nSPS) is 11.7. The highest BCUT2D eigenvalue weighted by Crippen LogP contribution is 2.36. The van der Waals surface area contributed by atoms with Gasteiger partial charge in [-0.25, -0.2) is 4.39 Å². The Morgan fingerprint density at radius 2 is 1.81 bits per heavy atom. The van der Waals surface area contributed by atoms with Crippen LogP contribution in [-0.2, 0) is 11.9 Å². The molecule has 0 aliphatic heterocycles. The topological polar surface area (TPSA) is 26.0 Å². The Hall–Kier alpha value is -1.40. The molecule has 0 fully saturated rings. The molecule has 0 amide bonds. The third-order valence-corrected chi connectivity index (χ3v) is 4.23. The van der Waals surface area contributed by atoms with Gasteiger partial charge in [-0.05, 0) is 35.9 Å². The van der Waals surface area contributed by atoms with E-state index in [0.717, 1.165) is 12.1 Å². The van der Waals surface area contributed by atoms with E-state index in [0.29, 0.717) is 16.2 Å². The molecule has 0 aliphatic rings. The fraction of sp³-hybridized carbons (Fsp3) is 0.143. The highest BCUT2D eigenvalue weighted by molar-refractivity contribution is 7.98. The number of benzene rings is 2. The van der Waals surface area contributed by atoms with Crippen LogP contribution in [0.1, 0.15) is 11.1 Å². The zero-order chi connectivity index (χ0) is 15.6. The van der Waals surface area contributed by atoms with Crippen molar-refractivity contribution in [1.29, 1.82) is 0 Å². The number of anilines is 1. The number of halogens is 5. The van der Waals surface area contributed by atoms with E-state index in [2.05, 4.69) is 0 Å². The lowest BCUT2D eigenvalue weighted by Gasteiger charge is -2.11. The maximum Gasteiger partial charge on any atom is 0.416 e. The van der Waals surface area contributed by atoms with Gasteiger partial charge in [0.1, 0.15) is 5.82 Å². The van der Waals surface area contributed by atoms with E-state index in [1.54, 1.807) is 0 Å². The fourth-order valence-electron chi connectivity index (χ4n) is 1.65. The molecule has 2 rings (SSSR count). The summed E-state index contributed by atoms with van der Waals surface area (Å²) in [5.74, 6) is -0.0582. The third kappa shape index (κ3) is 4.04. The van der Waals surface area contributed by atoms with Gasteiger partial charge in [0.05, 0.1) is 5.56 Å². The minimum absolute atomic E-state index is 0.0491. The highest BCUT2D eigenvalue weighted by atomic mass is 35.5. The number of nitrogen functional groups attached to an aromatic ring is 1. The van der Waals surface area contributed by atoms with E-state index >= 15 is 0 Å². The predicted octanol–water partition coefficient (Wildman–Crippen LogP) is 5.37. The van der Waals surface area contributed by atoms with E-state index in [4.69, 9.17) is 17.3 Å². The Morgan fingerprint density at radius 1 is 1.10 bits per heavy atom. The van der Waals surface area contributed by atoms with E-state index < -0.39 is 17.6 Å². The first-order valence-corrected chi connectivity index (χ1v) is 7.17. The molecule has 2 N–H and O–H groups in total. The highest BCUT2D eigenvalue weighted by Gasteiger charge is 2.30. The molecule has 0 aliphatic carbocycles. The number of hydrogen-bond acceptors (Lipinski definition) is 2. The second-order valence-electron chi connectivity index (χ2n) is 4.27. The van der Waals surface area contributed by atoms with Crippen LogP contribution in [0.2, 0.25) is 5.02 Å². The Kier molecular flexibility index (Phi) is 4.68. The zero-order valence-electron chi connectivity index (χ0n) is 10.5. The van der Waals surface area contributed by atoms with Gasteiger partial charge < -0.3 is 5.73 Å². The van der Waals surface area contributed by atoms with Crippen LogP contribution in [-0.4, -0.2) is 0 Å². The molecule has 21 heavy (non-hydrogen) atoms. The molecule has 2 aromatic carbocycles. The molecule has 0 aromatic heterocycles. The predicted molar refractivity (Wildman–Crippen MR) is 76.8 cm³/mol. The summed E-state index contributed by atoms with van der Waals surface area (Å²) in [6, 6.07) is 7.19. The average molecular weight is 336 g/mol. The van der Waals surface area contributed by atoms with Gasteiger partial charge in [-0.2, -0.15) is 13.2 Å². The summed E-state index contributed by atoms with van der Waals surface area (Å²) in [6.07, 6.45) is -4.42. The summed E-state index contributed by atoms with van der Waals surface area (Å²) in [7, 11) is 0. The second kappa shape index (κ2) is 6.15. The van der Waals surface area contributed by atoms with Crippen LogP contribution in [0.5, 0.6) is 0 Å². The SMILES string of the molecule is Nc1cc(C(F)(F)F)ccc1SCc1ccc(F)cc1Cl. The molecule has 0 bridgehead atoms. The molecule has 7 heteroatoms. The van der Waals surface area contributed by atoms with Crippen LogP contribution in [0, 0.1) is 5.82 Å². The van der Waals surface area contributed by atoms with Crippen molar-refractivity contribution in [2.75, 3.05) is 5.73 Å². The Labute approximate surface area is 128 Å². The molecular formula is C14H10ClF4NS. The first-order chi connectivity index (χ1) is 9.77. The lowest BCUT2D eigenvalue weighted by Crippen LogP contribution is -2.05. The molecule has 0 saturated carbocycles. The summed E-state index contributed by atoms with van der Waals surface area (Å²) >= 11 is 7.13. The standard InChI is InChI=1S/C14H10ClF4NS/c15-11-6-10(16)3-1-8(11)7-21-13-4-2-9(5-12(13)20)14(17,18)19/h1-6H,7,20H2. The van der Waals surface area contributed by atoms with Crippen LogP contribution >= 0.6 is 23.4 Å². The van der Waals surface area contributed by atoms with E-state index in [1.807, 2.05) is 0 Å². The number of thioether (sulfide) groups is 1. The van der Waals surface area contributed by atoms with Gasteiger partial charge in [0.15, 0.2) is 0 Å². The average Bonchev–Trinajstić information content (AvgIpc) is 2.38. The van der Waals surface area contributed by atoms with Gasteiger partial charge in [0, 0.05) is 21.4 Å². The number of alkyl halides is 3. The summed E-state index contributed by atoms with van der Waals surface area (Å²) in [4.78, 5) is 0.517. The smallest absolute Gasteiger partial charge is 0.398 e. The van der Waals surface area contributed by atoms with Crippen molar-refractivity contribution >= 4 is 29.1 Å². The molecule has 0 heterocycles. The largest absolute Gasteiger partial charge is 0.416 e. The summed E-state index contributed by atoms with van der Waals surface area (Å²) in [5.41, 5.74) is 5.57. The van der Waals surface area contributed by atoms with Crippen LogP contribution in [0.3, 0.4) is 0 Å². The van der Waals surface area contributed by atoms with Crippen LogP contribution in [0.4, 0.5) is 23.2 Å². The van der Waals surface area contributed by atoms with Gasteiger partial charge in [-0.1, -0.05) is 17.7 Å². The minimum Gasteiger partial charge on any atom is -0.398 e. The molecule has 0 atom stereocenters. The van der Waals surface area contributed by atoms with Crippen molar-refractivity contribution in [3.8, 4) is 0 Å².